The van der Waals surface area contributed by atoms with Crippen LogP contribution in [0.1, 0.15) is 12.1 Å². The number of hydrogen-bond donors (Lipinski definition) is 2. The van der Waals surface area contributed by atoms with Crippen LogP contribution < -0.4 is 10.6 Å². The van der Waals surface area contributed by atoms with Crippen LogP contribution in [0.2, 0.25) is 0 Å². The van der Waals surface area contributed by atoms with Crippen LogP contribution in [0.15, 0.2) is 18.2 Å². The van der Waals surface area contributed by atoms with Crippen molar-refractivity contribution in [2.75, 3.05) is 23.5 Å². The normalized spacial score (nSPS) is 19.7. The Morgan fingerprint density at radius 2 is 2.44 bits per heavy atom. The lowest BCUT2D eigenvalue weighted by Gasteiger charge is -2.25. The Balaban J connectivity index is 2.18. The van der Waals surface area contributed by atoms with Crippen LogP contribution in [0.4, 0.5) is 5.82 Å². The molecule has 2 rings (SSSR count). The highest BCUT2D eigenvalue weighted by Gasteiger charge is 2.21. The number of nitrogens with two attached hydrogens (primary N) is 1. The Labute approximate surface area is 99.7 Å². The van der Waals surface area contributed by atoms with Gasteiger partial charge in [0, 0.05) is 18.8 Å². The van der Waals surface area contributed by atoms with E-state index in [-0.39, 0.29) is 5.84 Å². The monoisotopic (exact) mass is 236 g/mol. The lowest BCUT2D eigenvalue weighted by Crippen LogP contribution is -2.32. The van der Waals surface area contributed by atoms with Crippen LogP contribution in [0, 0.1) is 5.41 Å². The highest BCUT2D eigenvalue weighted by atomic mass is 32.2. The second kappa shape index (κ2) is 4.74. The molecule has 1 aromatic rings. The summed E-state index contributed by atoms with van der Waals surface area (Å²) < 4.78 is 0. The molecule has 4 nitrogen and oxygen atoms in total. The van der Waals surface area contributed by atoms with E-state index in [0.29, 0.717) is 11.7 Å². The minimum Gasteiger partial charge on any atom is -0.382 e. The number of thioether (sulfide) groups is 1. The SMILES string of the molecule is CN(c1cccc(C(=N)N)n1)C1CCSC1. The summed E-state index contributed by atoms with van der Waals surface area (Å²) in [6.07, 6.45) is 1.20. The van der Waals surface area contributed by atoms with Gasteiger partial charge in [-0.05, 0) is 24.3 Å². The second-order valence-corrected chi connectivity index (χ2v) is 5.07. The van der Waals surface area contributed by atoms with Crippen molar-refractivity contribution in [1.82, 2.24) is 4.98 Å². The van der Waals surface area contributed by atoms with E-state index in [2.05, 4.69) is 16.9 Å². The smallest absolute Gasteiger partial charge is 0.141 e. The third-order valence-corrected chi connectivity index (χ3v) is 3.97. The molecule has 1 fully saturated rings. The predicted octanol–water partition coefficient (Wildman–Crippen LogP) is 1.31. The maximum absolute atomic E-state index is 7.38. The lowest BCUT2D eigenvalue weighted by molar-refractivity contribution is 0.691. The highest BCUT2D eigenvalue weighted by Crippen LogP contribution is 2.24. The minimum absolute atomic E-state index is 0.0241. The number of pyridine rings is 1. The Kier molecular flexibility index (Phi) is 3.33. The molecule has 1 aliphatic heterocycles. The molecule has 3 N–H and O–H groups in total. The number of nitrogen functional groups attached to an aromatic ring is 1. The third-order valence-electron chi connectivity index (χ3n) is 2.83. The number of aromatic nitrogens is 1. The number of hydrogen-bond acceptors (Lipinski definition) is 4. The molecule has 5 heteroatoms. The Morgan fingerprint density at radius 3 is 3.06 bits per heavy atom. The zero-order valence-electron chi connectivity index (χ0n) is 9.31. The van der Waals surface area contributed by atoms with E-state index >= 15 is 0 Å². The summed E-state index contributed by atoms with van der Waals surface area (Å²) in [5.74, 6) is 3.31. The van der Waals surface area contributed by atoms with Gasteiger partial charge in [-0.15, -0.1) is 0 Å². The van der Waals surface area contributed by atoms with Gasteiger partial charge < -0.3 is 10.6 Å². The van der Waals surface area contributed by atoms with Gasteiger partial charge in [0.05, 0.1) is 0 Å². The third kappa shape index (κ3) is 2.29. The molecule has 0 saturated carbocycles. The van der Waals surface area contributed by atoms with Crippen molar-refractivity contribution < 1.29 is 0 Å². The first kappa shape index (κ1) is 11.3. The molecule has 16 heavy (non-hydrogen) atoms. The van der Waals surface area contributed by atoms with Crippen molar-refractivity contribution in [1.29, 1.82) is 5.41 Å². The molecule has 1 unspecified atom stereocenters. The molecule has 0 bridgehead atoms. The molecule has 1 aliphatic rings. The number of anilines is 1. The molecule has 0 aromatic carbocycles. The second-order valence-electron chi connectivity index (χ2n) is 3.92. The first-order valence-corrected chi connectivity index (χ1v) is 6.46. The summed E-state index contributed by atoms with van der Waals surface area (Å²) in [5.41, 5.74) is 5.99. The van der Waals surface area contributed by atoms with Gasteiger partial charge in [0.1, 0.15) is 17.3 Å². The van der Waals surface area contributed by atoms with Gasteiger partial charge in [-0.2, -0.15) is 11.8 Å². The van der Waals surface area contributed by atoms with Crippen LogP contribution in [0.5, 0.6) is 0 Å². The molecule has 0 radical (unpaired) electrons. The van der Waals surface area contributed by atoms with E-state index in [0.717, 1.165) is 11.6 Å². The van der Waals surface area contributed by atoms with E-state index in [4.69, 9.17) is 11.1 Å². The number of amidine groups is 1. The van der Waals surface area contributed by atoms with Gasteiger partial charge in [-0.3, -0.25) is 5.41 Å². The van der Waals surface area contributed by atoms with E-state index in [1.165, 1.54) is 12.2 Å². The van der Waals surface area contributed by atoms with Crippen molar-refractivity contribution >= 4 is 23.4 Å². The largest absolute Gasteiger partial charge is 0.382 e. The van der Waals surface area contributed by atoms with E-state index in [1.807, 2.05) is 23.9 Å². The molecular formula is C11H16N4S. The molecule has 1 aromatic heterocycles. The first-order valence-electron chi connectivity index (χ1n) is 5.30. The Hall–Kier alpha value is -1.23. The molecule has 0 amide bonds. The average Bonchev–Trinajstić information content (AvgIpc) is 2.81. The van der Waals surface area contributed by atoms with Gasteiger partial charge in [0.25, 0.3) is 0 Å². The predicted molar refractivity (Wildman–Crippen MR) is 69.4 cm³/mol. The van der Waals surface area contributed by atoms with Crippen molar-refractivity contribution in [2.45, 2.75) is 12.5 Å². The van der Waals surface area contributed by atoms with E-state index in [9.17, 15) is 0 Å². The van der Waals surface area contributed by atoms with Gasteiger partial charge in [-0.1, -0.05) is 6.07 Å². The summed E-state index contributed by atoms with van der Waals surface area (Å²) in [7, 11) is 2.06. The van der Waals surface area contributed by atoms with Crippen LogP contribution >= 0.6 is 11.8 Å². The van der Waals surface area contributed by atoms with Crippen molar-refractivity contribution in [3.8, 4) is 0 Å². The molecular weight excluding hydrogens is 220 g/mol. The van der Waals surface area contributed by atoms with Crippen LogP contribution in [0.25, 0.3) is 0 Å². The lowest BCUT2D eigenvalue weighted by atomic mass is 10.2. The molecule has 1 saturated heterocycles. The quantitative estimate of drug-likeness (QED) is 0.613. The van der Waals surface area contributed by atoms with E-state index in [1.54, 1.807) is 6.07 Å². The average molecular weight is 236 g/mol. The summed E-state index contributed by atoms with van der Waals surface area (Å²) >= 11 is 1.98. The van der Waals surface area contributed by atoms with E-state index < -0.39 is 0 Å². The molecule has 2 heterocycles. The van der Waals surface area contributed by atoms with Crippen LogP contribution in [-0.2, 0) is 0 Å². The van der Waals surface area contributed by atoms with Gasteiger partial charge in [-0.25, -0.2) is 4.98 Å². The first-order chi connectivity index (χ1) is 7.68. The minimum atomic E-state index is 0.0241. The molecule has 1 atom stereocenters. The fraction of sp³-hybridized carbons (Fsp3) is 0.455. The maximum Gasteiger partial charge on any atom is 0.141 e. The Morgan fingerprint density at radius 1 is 1.62 bits per heavy atom. The number of rotatable bonds is 3. The summed E-state index contributed by atoms with van der Waals surface area (Å²) in [6, 6.07) is 6.19. The summed E-state index contributed by atoms with van der Waals surface area (Å²) in [5, 5.41) is 7.38. The number of nitrogens with one attached hydrogen (secondary N) is 1. The fourth-order valence-corrected chi connectivity index (χ4v) is 3.05. The zero-order chi connectivity index (χ0) is 11.5. The van der Waals surface area contributed by atoms with Crippen LogP contribution in [-0.4, -0.2) is 35.4 Å². The molecule has 86 valence electrons. The fourth-order valence-electron chi connectivity index (χ4n) is 1.78. The van der Waals surface area contributed by atoms with Crippen molar-refractivity contribution in [2.24, 2.45) is 5.73 Å². The van der Waals surface area contributed by atoms with Gasteiger partial charge in [0.2, 0.25) is 0 Å². The van der Waals surface area contributed by atoms with Gasteiger partial charge in [0.15, 0.2) is 0 Å². The number of nitrogens with zero attached hydrogens (tertiary/aromatic N) is 2. The summed E-state index contributed by atoms with van der Waals surface area (Å²) in [6.45, 7) is 0. The molecule has 0 aliphatic carbocycles. The van der Waals surface area contributed by atoms with Crippen molar-refractivity contribution in [3.05, 3.63) is 23.9 Å². The zero-order valence-corrected chi connectivity index (χ0v) is 10.1. The van der Waals surface area contributed by atoms with Gasteiger partial charge >= 0.3 is 0 Å². The molecule has 0 spiro atoms. The highest BCUT2D eigenvalue weighted by molar-refractivity contribution is 7.99. The summed E-state index contributed by atoms with van der Waals surface area (Å²) in [4.78, 5) is 6.57. The van der Waals surface area contributed by atoms with Crippen LogP contribution in [0.3, 0.4) is 0 Å². The van der Waals surface area contributed by atoms with Crippen molar-refractivity contribution in [3.63, 3.8) is 0 Å². The maximum atomic E-state index is 7.38. The topological polar surface area (TPSA) is 66.0 Å². The Bertz CT molecular complexity index is 387. The standard InChI is InChI=1S/C11H16N4S/c1-15(8-5-6-16-7-8)10-4-2-3-9(14-10)11(12)13/h2-4,8H,5-7H2,1H3,(H3,12,13).